The number of carbonyl (C=O) groups is 4. The fourth-order valence-corrected chi connectivity index (χ4v) is 7.96. The van der Waals surface area contributed by atoms with Gasteiger partial charge in [0.25, 0.3) is 0 Å². The van der Waals surface area contributed by atoms with Crippen LogP contribution in [0.15, 0.2) is 55.6 Å². The molecule has 2 bridgehead atoms. The molecule has 0 aromatic heterocycles. The number of ether oxygens (including phenoxy) is 2. The Hall–Kier alpha value is -3.50. The van der Waals surface area contributed by atoms with Gasteiger partial charge in [-0.15, -0.1) is 13.2 Å². The number of hydrogen-bond acceptors (Lipinski definition) is 7. The summed E-state index contributed by atoms with van der Waals surface area (Å²) in [5.41, 5.74) is -0.354. The monoisotopic (exact) mass is 621 g/mol. The van der Waals surface area contributed by atoms with Crippen LogP contribution in [-0.4, -0.2) is 88.7 Å². The lowest BCUT2D eigenvalue weighted by Crippen LogP contribution is -2.58. The molecule has 1 aromatic rings. The Morgan fingerprint density at radius 2 is 1.89 bits per heavy atom. The average Bonchev–Trinajstić information content (AvgIpc) is 3.71. The summed E-state index contributed by atoms with van der Waals surface area (Å²) in [4.78, 5) is 58.7. The highest BCUT2D eigenvalue weighted by Gasteiger charge is 2.74. The average molecular weight is 622 g/mol. The molecule has 10 nitrogen and oxygen atoms in total. The molecule has 0 radical (unpaired) electrons. The molecule has 1 aromatic carbocycles. The zero-order chi connectivity index (χ0) is 32.0. The van der Waals surface area contributed by atoms with Crippen molar-refractivity contribution in [3.05, 3.63) is 61.2 Å². The predicted octanol–water partition coefficient (Wildman–Crippen LogP) is 3.46. The van der Waals surface area contributed by atoms with Crippen molar-refractivity contribution in [2.24, 2.45) is 11.8 Å². The molecule has 1 saturated carbocycles. The van der Waals surface area contributed by atoms with E-state index in [1.807, 2.05) is 35.2 Å². The van der Waals surface area contributed by atoms with E-state index in [9.17, 15) is 24.3 Å². The maximum atomic E-state index is 14.5. The number of benzene rings is 1. The number of aliphatic hydroxyl groups excluding tert-OH is 1. The molecule has 2 N–H and O–H groups in total. The van der Waals surface area contributed by atoms with Crippen molar-refractivity contribution in [3.63, 3.8) is 0 Å². The first-order valence-corrected chi connectivity index (χ1v) is 16.5. The van der Waals surface area contributed by atoms with E-state index < -0.39 is 35.6 Å². The van der Waals surface area contributed by atoms with Crippen molar-refractivity contribution >= 4 is 23.7 Å². The number of hydrogen-bond donors (Lipinski definition) is 2. The Morgan fingerprint density at radius 3 is 2.58 bits per heavy atom. The minimum Gasteiger partial charge on any atom is -0.463 e. The minimum atomic E-state index is -1.12. The fourth-order valence-electron chi connectivity index (χ4n) is 7.96. The first kappa shape index (κ1) is 32.9. The van der Waals surface area contributed by atoms with Gasteiger partial charge in [0.1, 0.15) is 18.2 Å². The SMILES string of the molecule is C=CCCC(=O)OC[C@@H](NC(=O)[C@@H]1[C@H]2C(=O)N(CCCO)[C@H](C(=O)N(CC=C)C3CCCCC3)[C@]23CC[C@H]1O3)c1ccccc1. The summed E-state index contributed by atoms with van der Waals surface area (Å²) in [6.45, 7) is 7.93. The van der Waals surface area contributed by atoms with E-state index in [1.54, 1.807) is 17.1 Å². The van der Waals surface area contributed by atoms with Gasteiger partial charge in [0.2, 0.25) is 17.7 Å². The lowest BCUT2D eigenvalue weighted by atomic mass is 9.70. The highest BCUT2D eigenvalue weighted by molar-refractivity contribution is 5.99. The Kier molecular flexibility index (Phi) is 10.8. The maximum Gasteiger partial charge on any atom is 0.306 e. The van der Waals surface area contributed by atoms with Gasteiger partial charge in [-0.2, -0.15) is 0 Å². The van der Waals surface area contributed by atoms with E-state index in [4.69, 9.17) is 9.47 Å². The van der Waals surface area contributed by atoms with Crippen molar-refractivity contribution in [3.8, 4) is 0 Å². The van der Waals surface area contributed by atoms with E-state index in [-0.39, 0.29) is 55.9 Å². The highest BCUT2D eigenvalue weighted by Crippen LogP contribution is 2.58. The number of fused-ring (bicyclic) bond motifs is 1. The quantitative estimate of drug-likeness (QED) is 0.227. The third-order valence-corrected chi connectivity index (χ3v) is 10.0. The van der Waals surface area contributed by atoms with Gasteiger partial charge in [-0.25, -0.2) is 0 Å². The first-order chi connectivity index (χ1) is 21.9. The lowest BCUT2D eigenvalue weighted by molar-refractivity contribution is -0.150. The van der Waals surface area contributed by atoms with Crippen LogP contribution in [0.5, 0.6) is 0 Å². The van der Waals surface area contributed by atoms with Crippen LogP contribution in [0, 0.1) is 11.8 Å². The molecule has 4 aliphatic rings. The van der Waals surface area contributed by atoms with Crippen molar-refractivity contribution in [1.29, 1.82) is 0 Å². The van der Waals surface area contributed by atoms with Crippen LogP contribution in [-0.2, 0) is 28.7 Å². The molecule has 3 heterocycles. The summed E-state index contributed by atoms with van der Waals surface area (Å²) in [5.74, 6) is -2.81. The Bertz CT molecular complexity index is 1250. The molecule has 10 heteroatoms. The summed E-state index contributed by atoms with van der Waals surface area (Å²) >= 11 is 0. The van der Waals surface area contributed by atoms with Crippen LogP contribution < -0.4 is 5.32 Å². The largest absolute Gasteiger partial charge is 0.463 e. The molecular formula is C35H47N3O7. The molecule has 1 spiro atoms. The van der Waals surface area contributed by atoms with E-state index in [1.165, 1.54) is 0 Å². The molecule has 6 atom stereocenters. The number of nitrogens with zero attached hydrogens (tertiary/aromatic N) is 2. The standard InChI is InChI=1S/C35H47N3O7/c1-3-5-17-28(40)44-23-26(24-13-8-6-9-14-24)36-32(41)29-27-18-19-35(45-27)30(29)33(42)38(21-12-22-39)31(35)34(43)37(20-4-2)25-15-10-7-11-16-25/h3-4,6,8-9,13-14,25-27,29-31,39H,1-2,5,7,10-12,15-23H2,(H,36,41)/t26-,27-,29+,30+,31-,35+/m1/s1. The molecule has 4 fully saturated rings. The van der Waals surface area contributed by atoms with Gasteiger partial charge < -0.3 is 29.7 Å². The second-order valence-corrected chi connectivity index (χ2v) is 12.7. The number of nitrogens with one attached hydrogen (secondary N) is 1. The number of amides is 3. The normalized spacial score (nSPS) is 27.9. The van der Waals surface area contributed by atoms with Crippen molar-refractivity contribution in [2.45, 2.75) is 94.0 Å². The van der Waals surface area contributed by atoms with Gasteiger partial charge >= 0.3 is 5.97 Å². The fraction of sp³-hybridized carbons (Fsp3) is 0.600. The van der Waals surface area contributed by atoms with Crippen LogP contribution in [0.2, 0.25) is 0 Å². The summed E-state index contributed by atoms with van der Waals surface area (Å²) < 4.78 is 12.1. The van der Waals surface area contributed by atoms with E-state index in [0.717, 1.165) is 37.7 Å². The number of esters is 1. The molecule has 1 aliphatic carbocycles. The number of rotatable bonds is 15. The van der Waals surface area contributed by atoms with Crippen LogP contribution in [0.25, 0.3) is 0 Å². The molecule has 3 amide bonds. The molecule has 45 heavy (non-hydrogen) atoms. The van der Waals surface area contributed by atoms with Crippen LogP contribution >= 0.6 is 0 Å². The van der Waals surface area contributed by atoms with Crippen molar-refractivity contribution in [1.82, 2.24) is 15.1 Å². The Balaban J connectivity index is 1.41. The van der Waals surface area contributed by atoms with Crippen LogP contribution in [0.1, 0.15) is 75.8 Å². The van der Waals surface area contributed by atoms with Crippen LogP contribution in [0.4, 0.5) is 0 Å². The van der Waals surface area contributed by atoms with Crippen LogP contribution in [0.3, 0.4) is 0 Å². The molecular weight excluding hydrogens is 574 g/mol. The maximum absolute atomic E-state index is 14.5. The summed E-state index contributed by atoms with van der Waals surface area (Å²) in [6, 6.07) is 7.83. The number of likely N-dealkylation sites (tertiary alicyclic amines) is 1. The molecule has 3 saturated heterocycles. The van der Waals surface area contributed by atoms with Crippen molar-refractivity contribution < 1.29 is 33.8 Å². The summed E-state index contributed by atoms with van der Waals surface area (Å²) in [5, 5.41) is 12.7. The molecule has 5 rings (SSSR count). The smallest absolute Gasteiger partial charge is 0.306 e. The second kappa shape index (κ2) is 14.7. The lowest BCUT2D eigenvalue weighted by Gasteiger charge is -2.40. The number of carbonyl (C=O) groups excluding carboxylic acids is 4. The minimum absolute atomic E-state index is 0.0602. The van der Waals surface area contributed by atoms with E-state index in [0.29, 0.717) is 32.2 Å². The van der Waals surface area contributed by atoms with Gasteiger partial charge in [0.15, 0.2) is 0 Å². The number of aliphatic hydroxyl groups is 1. The molecule has 3 aliphatic heterocycles. The summed E-state index contributed by atoms with van der Waals surface area (Å²) in [7, 11) is 0. The van der Waals surface area contributed by atoms with Gasteiger partial charge in [0.05, 0.1) is 24.0 Å². The van der Waals surface area contributed by atoms with E-state index >= 15 is 0 Å². The molecule has 244 valence electrons. The summed E-state index contributed by atoms with van der Waals surface area (Å²) in [6.07, 6.45) is 9.96. The zero-order valence-corrected chi connectivity index (χ0v) is 26.1. The van der Waals surface area contributed by atoms with Gasteiger partial charge in [0, 0.05) is 32.2 Å². The van der Waals surface area contributed by atoms with E-state index in [2.05, 4.69) is 18.5 Å². The third kappa shape index (κ3) is 6.58. The molecule has 0 unspecified atom stereocenters. The van der Waals surface area contributed by atoms with Gasteiger partial charge in [-0.3, -0.25) is 19.2 Å². The Morgan fingerprint density at radius 1 is 1.13 bits per heavy atom. The third-order valence-electron chi connectivity index (χ3n) is 10.0. The zero-order valence-electron chi connectivity index (χ0n) is 26.1. The topological polar surface area (TPSA) is 125 Å². The predicted molar refractivity (Wildman–Crippen MR) is 168 cm³/mol. The van der Waals surface area contributed by atoms with Crippen molar-refractivity contribution in [2.75, 3.05) is 26.3 Å². The highest BCUT2D eigenvalue weighted by atomic mass is 16.5. The Labute approximate surface area is 265 Å². The van der Waals surface area contributed by atoms with Gasteiger partial charge in [-0.1, -0.05) is 61.7 Å². The number of allylic oxidation sites excluding steroid dienone is 1. The first-order valence-electron chi connectivity index (χ1n) is 16.5. The van der Waals surface area contributed by atoms with Gasteiger partial charge in [-0.05, 0) is 44.1 Å². The second-order valence-electron chi connectivity index (χ2n) is 12.7.